The number of carbonyl (C=O) groups is 2. The van der Waals surface area contributed by atoms with Gasteiger partial charge in [0.2, 0.25) is 11.8 Å². The Bertz CT molecular complexity index is 862. The minimum absolute atomic E-state index is 0.0794. The van der Waals surface area contributed by atoms with E-state index in [1.54, 1.807) is 12.4 Å². The third kappa shape index (κ3) is 4.46. The van der Waals surface area contributed by atoms with Crippen LogP contribution in [0.5, 0.6) is 0 Å². The van der Waals surface area contributed by atoms with Crippen LogP contribution in [0.15, 0.2) is 30.6 Å². The van der Waals surface area contributed by atoms with E-state index in [4.69, 9.17) is 4.74 Å². The minimum Gasteiger partial charge on any atom is -0.379 e. The smallest absolute Gasteiger partial charge is 0.245 e. The largest absolute Gasteiger partial charge is 0.379 e. The van der Waals surface area contributed by atoms with Crippen LogP contribution in [-0.4, -0.2) is 69.2 Å². The van der Waals surface area contributed by atoms with E-state index in [2.05, 4.69) is 20.3 Å². The Morgan fingerprint density at radius 2 is 2.07 bits per heavy atom. The Labute approximate surface area is 169 Å². The number of amides is 2. The van der Waals surface area contributed by atoms with E-state index in [1.165, 1.54) is 6.92 Å². The third-order valence-electron chi connectivity index (χ3n) is 5.32. The zero-order valence-corrected chi connectivity index (χ0v) is 16.6. The van der Waals surface area contributed by atoms with Crippen LogP contribution in [0.2, 0.25) is 0 Å². The average Bonchev–Trinajstić information content (AvgIpc) is 3.16. The number of pyridine rings is 1. The average molecular weight is 398 g/mol. The summed E-state index contributed by atoms with van der Waals surface area (Å²) in [5.41, 5.74) is 2.70. The number of rotatable bonds is 5. The molecule has 9 nitrogen and oxygen atoms in total. The van der Waals surface area contributed by atoms with Crippen LogP contribution in [0.1, 0.15) is 29.9 Å². The molecule has 2 amide bonds. The van der Waals surface area contributed by atoms with Crippen LogP contribution in [0.25, 0.3) is 0 Å². The molecule has 2 aliphatic heterocycles. The normalized spacial score (nSPS) is 18.2. The molecule has 4 rings (SSSR count). The summed E-state index contributed by atoms with van der Waals surface area (Å²) in [6, 6.07) is 5.43. The standard InChI is InChI=1S/C20H26N6O3/c1-15(27)22-13-17-11-18-14-25(5-6-26(18)23-17)20(28)19(16-3-2-4-21-12-16)24-7-9-29-10-8-24/h2-4,11-12,19H,5-10,13-14H2,1H3,(H,22,27)/t19-/m0/s1. The second kappa shape index (κ2) is 8.71. The quantitative estimate of drug-likeness (QED) is 0.780. The van der Waals surface area contributed by atoms with Crippen LogP contribution >= 0.6 is 0 Å². The molecule has 154 valence electrons. The number of carbonyl (C=O) groups excluding carboxylic acids is 2. The van der Waals surface area contributed by atoms with Crippen molar-refractivity contribution in [2.24, 2.45) is 0 Å². The summed E-state index contributed by atoms with van der Waals surface area (Å²) in [6.45, 7) is 6.34. The number of aromatic nitrogens is 3. The molecule has 2 aliphatic rings. The minimum atomic E-state index is -0.360. The number of hydrogen-bond acceptors (Lipinski definition) is 6. The van der Waals surface area contributed by atoms with Crippen molar-refractivity contribution in [2.75, 3.05) is 32.8 Å². The summed E-state index contributed by atoms with van der Waals surface area (Å²) >= 11 is 0. The molecule has 0 spiro atoms. The second-order valence-electron chi connectivity index (χ2n) is 7.36. The highest BCUT2D eigenvalue weighted by Crippen LogP contribution is 2.26. The molecule has 9 heteroatoms. The van der Waals surface area contributed by atoms with Gasteiger partial charge in [-0.05, 0) is 17.7 Å². The Morgan fingerprint density at radius 1 is 1.24 bits per heavy atom. The predicted molar refractivity (Wildman–Crippen MR) is 105 cm³/mol. The Balaban J connectivity index is 1.52. The third-order valence-corrected chi connectivity index (χ3v) is 5.32. The monoisotopic (exact) mass is 398 g/mol. The molecule has 0 aromatic carbocycles. The summed E-state index contributed by atoms with van der Waals surface area (Å²) in [5, 5.41) is 7.30. The van der Waals surface area contributed by atoms with E-state index in [9.17, 15) is 9.59 Å². The Kier molecular flexibility index (Phi) is 5.86. The molecule has 2 aromatic heterocycles. The lowest BCUT2D eigenvalue weighted by atomic mass is 10.0. The fraction of sp³-hybridized carbons (Fsp3) is 0.500. The van der Waals surface area contributed by atoms with Gasteiger partial charge in [-0.25, -0.2) is 0 Å². The Hall–Kier alpha value is -2.78. The van der Waals surface area contributed by atoms with Gasteiger partial charge in [0, 0.05) is 39.0 Å². The number of morpholine rings is 1. The lowest BCUT2D eigenvalue weighted by Gasteiger charge is -2.37. The summed E-state index contributed by atoms with van der Waals surface area (Å²) < 4.78 is 7.40. The summed E-state index contributed by atoms with van der Waals surface area (Å²) in [4.78, 5) is 33.0. The lowest BCUT2D eigenvalue weighted by molar-refractivity contribution is -0.140. The first-order valence-electron chi connectivity index (χ1n) is 9.92. The van der Waals surface area contributed by atoms with Crippen molar-refractivity contribution in [1.82, 2.24) is 29.9 Å². The molecule has 0 saturated carbocycles. The highest BCUT2D eigenvalue weighted by Gasteiger charge is 2.34. The van der Waals surface area contributed by atoms with Gasteiger partial charge in [0.1, 0.15) is 6.04 Å². The first-order valence-corrected chi connectivity index (χ1v) is 9.92. The van der Waals surface area contributed by atoms with Crippen molar-refractivity contribution in [2.45, 2.75) is 32.6 Å². The van der Waals surface area contributed by atoms with Crippen molar-refractivity contribution in [3.63, 3.8) is 0 Å². The first kappa shape index (κ1) is 19.5. The topological polar surface area (TPSA) is 92.6 Å². The number of nitrogens with one attached hydrogen (secondary N) is 1. The molecule has 0 aliphatic carbocycles. The molecule has 1 fully saturated rings. The second-order valence-corrected chi connectivity index (χ2v) is 7.36. The molecule has 4 heterocycles. The predicted octanol–water partition coefficient (Wildman–Crippen LogP) is 0.330. The maximum atomic E-state index is 13.6. The van der Waals surface area contributed by atoms with Gasteiger partial charge >= 0.3 is 0 Å². The SMILES string of the molecule is CC(=O)NCc1cc2n(n1)CCN(C(=O)[C@H](c1cccnc1)N1CCOCC1)C2. The van der Waals surface area contributed by atoms with E-state index < -0.39 is 0 Å². The zero-order valence-electron chi connectivity index (χ0n) is 16.6. The maximum Gasteiger partial charge on any atom is 0.245 e. The summed E-state index contributed by atoms with van der Waals surface area (Å²) in [6.07, 6.45) is 3.50. The lowest BCUT2D eigenvalue weighted by Crippen LogP contribution is -2.48. The molecule has 0 radical (unpaired) electrons. The van der Waals surface area contributed by atoms with Gasteiger partial charge in [-0.3, -0.25) is 24.2 Å². The van der Waals surface area contributed by atoms with Gasteiger partial charge in [-0.1, -0.05) is 6.07 Å². The molecular formula is C20H26N6O3. The van der Waals surface area contributed by atoms with Gasteiger partial charge in [0.05, 0.1) is 44.2 Å². The van der Waals surface area contributed by atoms with E-state index >= 15 is 0 Å². The fourth-order valence-corrected chi connectivity index (χ4v) is 3.87. The molecule has 1 N–H and O–H groups in total. The Morgan fingerprint density at radius 3 is 2.79 bits per heavy atom. The van der Waals surface area contributed by atoms with Gasteiger partial charge in [-0.15, -0.1) is 0 Å². The highest BCUT2D eigenvalue weighted by molar-refractivity contribution is 5.83. The highest BCUT2D eigenvalue weighted by atomic mass is 16.5. The molecular weight excluding hydrogens is 372 g/mol. The molecule has 29 heavy (non-hydrogen) atoms. The summed E-state index contributed by atoms with van der Waals surface area (Å²) in [5.74, 6) is -0.00615. The molecule has 1 saturated heterocycles. The van der Waals surface area contributed by atoms with E-state index in [1.807, 2.05) is 27.8 Å². The fourth-order valence-electron chi connectivity index (χ4n) is 3.87. The van der Waals surface area contributed by atoms with E-state index in [-0.39, 0.29) is 17.9 Å². The number of nitrogens with zero attached hydrogens (tertiary/aromatic N) is 5. The van der Waals surface area contributed by atoms with Crippen LogP contribution in [0.4, 0.5) is 0 Å². The molecule has 1 atom stereocenters. The van der Waals surface area contributed by atoms with Crippen LogP contribution in [0, 0.1) is 0 Å². The van der Waals surface area contributed by atoms with Crippen LogP contribution in [-0.2, 0) is 34.0 Å². The van der Waals surface area contributed by atoms with Crippen molar-refractivity contribution < 1.29 is 14.3 Å². The van der Waals surface area contributed by atoms with Crippen LogP contribution in [0.3, 0.4) is 0 Å². The zero-order chi connectivity index (χ0) is 20.2. The first-order chi connectivity index (χ1) is 14.1. The van der Waals surface area contributed by atoms with Gasteiger partial charge < -0.3 is 15.0 Å². The van der Waals surface area contributed by atoms with E-state index in [0.717, 1.165) is 30.0 Å². The number of ether oxygens (including phenoxy) is 1. The van der Waals surface area contributed by atoms with Crippen molar-refractivity contribution in [3.05, 3.63) is 47.5 Å². The van der Waals surface area contributed by atoms with Gasteiger partial charge in [0.25, 0.3) is 0 Å². The van der Waals surface area contributed by atoms with Crippen LogP contribution < -0.4 is 5.32 Å². The molecule has 2 aromatic rings. The van der Waals surface area contributed by atoms with Crippen molar-refractivity contribution >= 4 is 11.8 Å². The van der Waals surface area contributed by atoms with Crippen molar-refractivity contribution in [3.8, 4) is 0 Å². The number of fused-ring (bicyclic) bond motifs is 1. The van der Waals surface area contributed by atoms with Gasteiger partial charge in [-0.2, -0.15) is 5.10 Å². The van der Waals surface area contributed by atoms with Crippen molar-refractivity contribution in [1.29, 1.82) is 0 Å². The summed E-state index contributed by atoms with van der Waals surface area (Å²) in [7, 11) is 0. The molecule has 0 unspecified atom stereocenters. The van der Waals surface area contributed by atoms with Gasteiger partial charge in [0.15, 0.2) is 0 Å². The number of hydrogen-bond donors (Lipinski definition) is 1. The maximum absolute atomic E-state index is 13.6. The molecule has 0 bridgehead atoms. The van der Waals surface area contributed by atoms with E-state index in [0.29, 0.717) is 39.4 Å².